The van der Waals surface area contributed by atoms with Gasteiger partial charge in [0, 0.05) is 29.3 Å². The molecule has 1 atom stereocenters. The van der Waals surface area contributed by atoms with Crippen LogP contribution in [0.2, 0.25) is 5.02 Å². The molecule has 1 aromatic rings. The molecule has 21 heavy (non-hydrogen) atoms. The quantitative estimate of drug-likeness (QED) is 0.767. The van der Waals surface area contributed by atoms with Crippen molar-refractivity contribution >= 4 is 11.6 Å². The first-order chi connectivity index (χ1) is 9.96. The van der Waals surface area contributed by atoms with E-state index in [1.54, 1.807) is 0 Å². The molecule has 0 heterocycles. The van der Waals surface area contributed by atoms with Gasteiger partial charge in [-0.05, 0) is 39.2 Å². The fourth-order valence-electron chi connectivity index (χ4n) is 2.55. The molecule has 2 rings (SSSR count). The Labute approximate surface area is 134 Å². The maximum atomic E-state index is 6.34. The van der Waals surface area contributed by atoms with Gasteiger partial charge in [-0.2, -0.15) is 0 Å². The summed E-state index contributed by atoms with van der Waals surface area (Å²) in [4.78, 5) is 0. The lowest BCUT2D eigenvalue weighted by Crippen LogP contribution is -2.39. The van der Waals surface area contributed by atoms with Crippen molar-refractivity contribution in [2.24, 2.45) is 5.92 Å². The summed E-state index contributed by atoms with van der Waals surface area (Å²) in [5.41, 5.74) is 1.17. The Morgan fingerprint density at radius 2 is 2.00 bits per heavy atom. The van der Waals surface area contributed by atoms with Crippen LogP contribution in [0.15, 0.2) is 24.3 Å². The number of rotatable bonds is 7. The molecule has 1 fully saturated rings. The molecule has 0 aromatic heterocycles. The zero-order chi connectivity index (χ0) is 15.3. The van der Waals surface area contributed by atoms with Crippen molar-refractivity contribution in [3.8, 4) is 0 Å². The standard InChI is InChI=1S/C18H28ClNO/c1-18(2,3)20-13-17(15-9-4-5-10-16(15)19)21-12-11-14-7-6-8-14/h4-5,9-10,14,17,20H,6-8,11-13H2,1-3H3. The monoisotopic (exact) mass is 309 g/mol. The Balaban J connectivity index is 1.93. The van der Waals surface area contributed by atoms with E-state index >= 15 is 0 Å². The summed E-state index contributed by atoms with van der Waals surface area (Å²) in [6.07, 6.45) is 5.35. The Morgan fingerprint density at radius 3 is 2.57 bits per heavy atom. The molecule has 118 valence electrons. The summed E-state index contributed by atoms with van der Waals surface area (Å²) >= 11 is 6.34. The lowest BCUT2D eigenvalue weighted by molar-refractivity contribution is 0.0337. The highest BCUT2D eigenvalue weighted by Gasteiger charge is 2.21. The Morgan fingerprint density at radius 1 is 1.29 bits per heavy atom. The molecular weight excluding hydrogens is 282 g/mol. The van der Waals surface area contributed by atoms with Gasteiger partial charge in [0.1, 0.15) is 0 Å². The van der Waals surface area contributed by atoms with Gasteiger partial charge >= 0.3 is 0 Å². The second-order valence-electron chi connectivity index (χ2n) is 7.10. The lowest BCUT2D eigenvalue weighted by atomic mass is 9.83. The van der Waals surface area contributed by atoms with Crippen molar-refractivity contribution in [3.63, 3.8) is 0 Å². The fraction of sp³-hybridized carbons (Fsp3) is 0.667. The average molecular weight is 310 g/mol. The van der Waals surface area contributed by atoms with E-state index < -0.39 is 0 Å². The first-order valence-corrected chi connectivity index (χ1v) is 8.44. The van der Waals surface area contributed by atoms with Gasteiger partial charge in [0.25, 0.3) is 0 Å². The van der Waals surface area contributed by atoms with E-state index in [0.717, 1.165) is 29.7 Å². The van der Waals surface area contributed by atoms with Crippen LogP contribution in [0.5, 0.6) is 0 Å². The second-order valence-corrected chi connectivity index (χ2v) is 7.50. The Kier molecular flexibility index (Phi) is 6.09. The fourth-order valence-corrected chi connectivity index (χ4v) is 2.81. The SMILES string of the molecule is CC(C)(C)NCC(OCCC1CCC1)c1ccccc1Cl. The Bertz CT molecular complexity index is 437. The summed E-state index contributed by atoms with van der Waals surface area (Å²) in [5, 5.41) is 4.32. The average Bonchev–Trinajstić information content (AvgIpc) is 2.36. The van der Waals surface area contributed by atoms with Gasteiger partial charge in [-0.25, -0.2) is 0 Å². The third-order valence-electron chi connectivity index (χ3n) is 4.14. The largest absolute Gasteiger partial charge is 0.372 e. The van der Waals surface area contributed by atoms with Gasteiger partial charge in [-0.1, -0.05) is 49.1 Å². The van der Waals surface area contributed by atoms with Gasteiger partial charge in [-0.15, -0.1) is 0 Å². The zero-order valence-electron chi connectivity index (χ0n) is 13.5. The summed E-state index contributed by atoms with van der Waals surface area (Å²) in [7, 11) is 0. The number of ether oxygens (including phenoxy) is 1. The van der Waals surface area contributed by atoms with Crippen LogP contribution in [0.3, 0.4) is 0 Å². The highest BCUT2D eigenvalue weighted by Crippen LogP contribution is 2.31. The highest BCUT2D eigenvalue weighted by atomic mass is 35.5. The summed E-state index contributed by atoms with van der Waals surface area (Å²) < 4.78 is 6.16. The van der Waals surface area contributed by atoms with Crippen LogP contribution >= 0.6 is 11.6 Å². The lowest BCUT2D eigenvalue weighted by Gasteiger charge is -2.28. The van der Waals surface area contributed by atoms with Gasteiger partial charge < -0.3 is 10.1 Å². The van der Waals surface area contributed by atoms with Crippen LogP contribution < -0.4 is 5.32 Å². The van der Waals surface area contributed by atoms with Gasteiger partial charge in [0.15, 0.2) is 0 Å². The molecule has 1 aliphatic carbocycles. The summed E-state index contributed by atoms with van der Waals surface area (Å²) in [6, 6.07) is 8.01. The topological polar surface area (TPSA) is 21.3 Å². The van der Waals surface area contributed by atoms with E-state index in [4.69, 9.17) is 16.3 Å². The normalized spacial score (nSPS) is 17.5. The first kappa shape index (κ1) is 16.8. The van der Waals surface area contributed by atoms with Crippen LogP contribution in [-0.4, -0.2) is 18.7 Å². The predicted octanol–water partition coefficient (Wildman–Crippen LogP) is 4.98. The molecule has 0 amide bonds. The first-order valence-electron chi connectivity index (χ1n) is 8.07. The summed E-state index contributed by atoms with van der Waals surface area (Å²) in [6.45, 7) is 8.13. The summed E-state index contributed by atoms with van der Waals surface area (Å²) in [5.74, 6) is 0.882. The third-order valence-corrected chi connectivity index (χ3v) is 4.48. The zero-order valence-corrected chi connectivity index (χ0v) is 14.2. The van der Waals surface area contributed by atoms with Crippen molar-refractivity contribution in [1.82, 2.24) is 5.32 Å². The molecule has 1 unspecified atom stereocenters. The number of hydrogen-bond donors (Lipinski definition) is 1. The van der Waals surface area contributed by atoms with E-state index in [-0.39, 0.29) is 11.6 Å². The number of nitrogens with one attached hydrogen (secondary N) is 1. The predicted molar refractivity (Wildman–Crippen MR) is 89.9 cm³/mol. The number of benzene rings is 1. The van der Waals surface area contributed by atoms with Gasteiger partial charge in [0.05, 0.1) is 6.10 Å². The van der Waals surface area contributed by atoms with Crippen molar-refractivity contribution in [2.45, 2.75) is 58.1 Å². The minimum atomic E-state index is 0.0259. The molecule has 0 radical (unpaired) electrons. The van der Waals surface area contributed by atoms with E-state index in [1.807, 2.05) is 18.2 Å². The number of hydrogen-bond acceptors (Lipinski definition) is 2. The van der Waals surface area contributed by atoms with Gasteiger partial charge in [0.2, 0.25) is 0 Å². The molecule has 0 saturated heterocycles. The molecule has 0 bridgehead atoms. The van der Waals surface area contributed by atoms with E-state index in [1.165, 1.54) is 25.7 Å². The molecule has 3 heteroatoms. The van der Waals surface area contributed by atoms with Crippen molar-refractivity contribution < 1.29 is 4.74 Å². The molecule has 0 aliphatic heterocycles. The minimum absolute atomic E-state index is 0.0259. The van der Waals surface area contributed by atoms with Crippen LogP contribution in [-0.2, 0) is 4.74 Å². The second kappa shape index (κ2) is 7.62. The van der Waals surface area contributed by atoms with E-state index in [2.05, 4.69) is 32.2 Å². The highest BCUT2D eigenvalue weighted by molar-refractivity contribution is 6.31. The van der Waals surface area contributed by atoms with E-state index in [0.29, 0.717) is 0 Å². The Hall–Kier alpha value is -0.570. The maximum absolute atomic E-state index is 6.34. The minimum Gasteiger partial charge on any atom is -0.372 e. The van der Waals surface area contributed by atoms with Crippen molar-refractivity contribution in [2.75, 3.05) is 13.2 Å². The number of halogens is 1. The smallest absolute Gasteiger partial charge is 0.0963 e. The van der Waals surface area contributed by atoms with Crippen LogP contribution in [0.1, 0.15) is 58.1 Å². The van der Waals surface area contributed by atoms with Crippen LogP contribution in [0, 0.1) is 5.92 Å². The van der Waals surface area contributed by atoms with Crippen LogP contribution in [0.25, 0.3) is 0 Å². The molecule has 2 nitrogen and oxygen atoms in total. The molecule has 0 spiro atoms. The third kappa shape index (κ3) is 5.61. The molecule has 1 aliphatic rings. The van der Waals surface area contributed by atoms with Crippen LogP contribution in [0.4, 0.5) is 0 Å². The molecule has 1 saturated carbocycles. The van der Waals surface area contributed by atoms with Gasteiger partial charge in [-0.3, -0.25) is 0 Å². The van der Waals surface area contributed by atoms with E-state index in [9.17, 15) is 0 Å². The molecule has 1 N–H and O–H groups in total. The maximum Gasteiger partial charge on any atom is 0.0963 e. The van der Waals surface area contributed by atoms with Crippen molar-refractivity contribution in [1.29, 1.82) is 0 Å². The van der Waals surface area contributed by atoms with Crippen molar-refractivity contribution in [3.05, 3.63) is 34.9 Å². The molecule has 1 aromatic carbocycles. The molecular formula is C18H28ClNO.